The van der Waals surface area contributed by atoms with Gasteiger partial charge in [0.1, 0.15) is 5.58 Å². The summed E-state index contributed by atoms with van der Waals surface area (Å²) in [6.07, 6.45) is 0. The van der Waals surface area contributed by atoms with E-state index in [-0.39, 0.29) is 16.9 Å². The molecule has 0 unspecified atom stereocenters. The molecule has 0 N–H and O–H groups in total. The van der Waals surface area contributed by atoms with E-state index >= 15 is 0 Å². The molecule has 0 aliphatic carbocycles. The lowest BCUT2D eigenvalue weighted by Crippen LogP contribution is -2.22. The molecule has 0 aliphatic rings. The number of hydrogen-bond donors (Lipinski definition) is 0. The molecule has 0 aliphatic heterocycles. The van der Waals surface area contributed by atoms with E-state index < -0.39 is 7.37 Å². The van der Waals surface area contributed by atoms with Gasteiger partial charge in [0.25, 0.3) is 0 Å². The van der Waals surface area contributed by atoms with E-state index in [1.807, 2.05) is 42.5 Å². The SMILES string of the molecule is O=c1c(OP(=O)(c2ccccc2)c2ccccc2)c(-c2ccccc2)oc2ccccc12. The summed E-state index contributed by atoms with van der Waals surface area (Å²) in [5.74, 6) is 0.187. The zero-order chi connectivity index (χ0) is 22.0. The van der Waals surface area contributed by atoms with Gasteiger partial charge < -0.3 is 8.94 Å². The van der Waals surface area contributed by atoms with Gasteiger partial charge in [0, 0.05) is 5.56 Å². The summed E-state index contributed by atoms with van der Waals surface area (Å²) in [5, 5.41) is 1.37. The highest BCUT2D eigenvalue weighted by Gasteiger charge is 2.33. The molecule has 4 aromatic carbocycles. The minimum absolute atomic E-state index is 0.0639. The van der Waals surface area contributed by atoms with E-state index in [9.17, 15) is 9.36 Å². The Morgan fingerprint density at radius 3 is 1.72 bits per heavy atom. The molecule has 0 fully saturated rings. The fourth-order valence-corrected chi connectivity index (χ4v) is 5.68. The van der Waals surface area contributed by atoms with Gasteiger partial charge in [-0.25, -0.2) is 0 Å². The van der Waals surface area contributed by atoms with Crippen LogP contribution in [0.25, 0.3) is 22.3 Å². The van der Waals surface area contributed by atoms with Crippen LogP contribution in [-0.4, -0.2) is 0 Å². The zero-order valence-corrected chi connectivity index (χ0v) is 17.9. The van der Waals surface area contributed by atoms with Crippen LogP contribution in [0.5, 0.6) is 5.75 Å². The molecule has 0 spiro atoms. The Kier molecular flexibility index (Phi) is 5.22. The summed E-state index contributed by atoms with van der Waals surface area (Å²) in [5.41, 5.74) is 0.744. The van der Waals surface area contributed by atoms with Crippen molar-refractivity contribution in [3.05, 3.63) is 125 Å². The molecule has 156 valence electrons. The highest BCUT2D eigenvalue weighted by Crippen LogP contribution is 2.47. The Morgan fingerprint density at radius 2 is 1.12 bits per heavy atom. The Bertz CT molecular complexity index is 1430. The second-order valence-corrected chi connectivity index (χ2v) is 9.58. The van der Waals surface area contributed by atoms with Crippen LogP contribution in [0.4, 0.5) is 0 Å². The van der Waals surface area contributed by atoms with Crippen LogP contribution in [0.3, 0.4) is 0 Å². The fraction of sp³-hybridized carbons (Fsp3) is 0. The Labute approximate surface area is 185 Å². The smallest absolute Gasteiger partial charge is 0.307 e. The van der Waals surface area contributed by atoms with Crippen molar-refractivity contribution in [2.24, 2.45) is 0 Å². The van der Waals surface area contributed by atoms with E-state index in [2.05, 4.69) is 0 Å². The maximum atomic E-state index is 14.5. The van der Waals surface area contributed by atoms with Gasteiger partial charge in [-0.15, -0.1) is 0 Å². The summed E-state index contributed by atoms with van der Waals surface area (Å²) in [4.78, 5) is 13.6. The lowest BCUT2D eigenvalue weighted by molar-refractivity contribution is 0.487. The monoisotopic (exact) mass is 438 g/mol. The zero-order valence-electron chi connectivity index (χ0n) is 17.0. The lowest BCUT2D eigenvalue weighted by Gasteiger charge is -2.21. The van der Waals surface area contributed by atoms with Gasteiger partial charge in [-0.05, 0) is 36.4 Å². The second-order valence-electron chi connectivity index (χ2n) is 7.27. The maximum Gasteiger partial charge on any atom is 0.307 e. The van der Waals surface area contributed by atoms with Crippen LogP contribution in [0.1, 0.15) is 0 Å². The van der Waals surface area contributed by atoms with Crippen molar-refractivity contribution in [3.63, 3.8) is 0 Å². The van der Waals surface area contributed by atoms with Crippen molar-refractivity contribution in [2.45, 2.75) is 0 Å². The van der Waals surface area contributed by atoms with Crippen molar-refractivity contribution in [2.75, 3.05) is 0 Å². The highest BCUT2D eigenvalue weighted by atomic mass is 31.2. The van der Waals surface area contributed by atoms with E-state index in [4.69, 9.17) is 8.94 Å². The van der Waals surface area contributed by atoms with E-state index in [0.717, 1.165) is 0 Å². The fourth-order valence-electron chi connectivity index (χ4n) is 3.62. The normalized spacial score (nSPS) is 11.4. The first kappa shape index (κ1) is 20.0. The molecular formula is C27H19O4P. The topological polar surface area (TPSA) is 56.5 Å². The molecule has 0 amide bonds. The first-order valence-electron chi connectivity index (χ1n) is 10.2. The average molecular weight is 438 g/mol. The van der Waals surface area contributed by atoms with Crippen LogP contribution in [0, 0.1) is 0 Å². The molecule has 0 bridgehead atoms. The number of benzene rings is 4. The van der Waals surface area contributed by atoms with Crippen LogP contribution in [-0.2, 0) is 4.57 Å². The van der Waals surface area contributed by atoms with Gasteiger partial charge in [0.2, 0.25) is 11.2 Å². The molecule has 5 heteroatoms. The first-order chi connectivity index (χ1) is 15.7. The highest BCUT2D eigenvalue weighted by molar-refractivity contribution is 7.74. The van der Waals surface area contributed by atoms with Gasteiger partial charge in [-0.1, -0.05) is 78.9 Å². The summed E-state index contributed by atoms with van der Waals surface area (Å²) in [6.45, 7) is 0. The molecule has 0 radical (unpaired) electrons. The molecule has 5 aromatic rings. The lowest BCUT2D eigenvalue weighted by atomic mass is 10.1. The minimum Gasteiger partial charge on any atom is -0.452 e. The molecule has 4 nitrogen and oxygen atoms in total. The Hall–Kier alpha value is -3.88. The number of hydrogen-bond acceptors (Lipinski definition) is 4. The van der Waals surface area contributed by atoms with Crippen molar-refractivity contribution >= 4 is 28.9 Å². The van der Waals surface area contributed by atoms with Crippen LogP contribution in [0.2, 0.25) is 0 Å². The summed E-state index contributed by atoms with van der Waals surface area (Å²) in [7, 11) is -3.66. The van der Waals surface area contributed by atoms with Crippen LogP contribution >= 0.6 is 7.37 Å². The van der Waals surface area contributed by atoms with Gasteiger partial charge in [0.05, 0.1) is 16.0 Å². The van der Waals surface area contributed by atoms with E-state index in [0.29, 0.717) is 27.1 Å². The third-order valence-corrected chi connectivity index (χ3v) is 7.60. The van der Waals surface area contributed by atoms with Crippen molar-refractivity contribution in [3.8, 4) is 17.1 Å². The largest absolute Gasteiger partial charge is 0.452 e. The third kappa shape index (κ3) is 3.55. The van der Waals surface area contributed by atoms with E-state index in [1.54, 1.807) is 72.8 Å². The van der Waals surface area contributed by atoms with Gasteiger partial charge >= 0.3 is 7.37 Å². The first-order valence-corrected chi connectivity index (χ1v) is 11.8. The molecule has 1 aromatic heterocycles. The standard InChI is InChI=1S/C27H19O4P/c28-25-23-18-10-11-19-24(23)30-26(20-12-4-1-5-13-20)27(25)31-32(29,21-14-6-2-7-15-21)22-16-8-3-9-17-22/h1-19H. The quantitative estimate of drug-likeness (QED) is 0.327. The van der Waals surface area contributed by atoms with Crippen molar-refractivity contribution < 1.29 is 13.5 Å². The molecule has 0 atom stereocenters. The predicted octanol–water partition coefficient (Wildman–Crippen LogP) is 5.77. The van der Waals surface area contributed by atoms with Crippen LogP contribution in [0.15, 0.2) is 124 Å². The maximum absolute atomic E-state index is 14.5. The van der Waals surface area contributed by atoms with Gasteiger partial charge in [-0.3, -0.25) is 9.36 Å². The second kappa shape index (κ2) is 8.33. The van der Waals surface area contributed by atoms with Gasteiger partial charge in [-0.2, -0.15) is 0 Å². The Morgan fingerprint density at radius 1 is 0.625 bits per heavy atom. The molecule has 0 saturated heterocycles. The molecular weight excluding hydrogens is 419 g/mol. The average Bonchev–Trinajstić information content (AvgIpc) is 2.87. The molecule has 1 heterocycles. The summed E-state index contributed by atoms with van der Waals surface area (Å²) in [6, 6.07) is 34.1. The third-order valence-electron chi connectivity index (χ3n) is 5.20. The summed E-state index contributed by atoms with van der Waals surface area (Å²) < 4.78 is 26.8. The van der Waals surface area contributed by atoms with Crippen LogP contribution < -0.4 is 20.6 Å². The van der Waals surface area contributed by atoms with Gasteiger partial charge in [0.15, 0.2) is 5.76 Å². The predicted molar refractivity (Wildman–Crippen MR) is 128 cm³/mol. The number of fused-ring (bicyclic) bond motifs is 1. The summed E-state index contributed by atoms with van der Waals surface area (Å²) >= 11 is 0. The number of rotatable bonds is 5. The van der Waals surface area contributed by atoms with Crippen molar-refractivity contribution in [1.82, 2.24) is 0 Å². The Balaban J connectivity index is 1.79. The number of para-hydroxylation sites is 1. The molecule has 5 rings (SSSR count). The molecule has 32 heavy (non-hydrogen) atoms. The van der Waals surface area contributed by atoms with Crippen molar-refractivity contribution in [1.29, 1.82) is 0 Å². The molecule has 0 saturated carbocycles. The van der Waals surface area contributed by atoms with E-state index in [1.165, 1.54) is 0 Å². The minimum atomic E-state index is -3.66.